The molecule has 3 rings (SSSR count). The van der Waals surface area contributed by atoms with E-state index in [9.17, 15) is 9.59 Å². The van der Waals surface area contributed by atoms with Crippen molar-refractivity contribution in [1.29, 1.82) is 0 Å². The van der Waals surface area contributed by atoms with Gasteiger partial charge in [0.1, 0.15) is 6.04 Å². The average Bonchev–Trinajstić information content (AvgIpc) is 3.24. The Morgan fingerprint density at radius 1 is 1.07 bits per heavy atom. The Morgan fingerprint density at radius 3 is 2.43 bits per heavy atom. The van der Waals surface area contributed by atoms with E-state index in [2.05, 4.69) is 5.32 Å². The Kier molecular flexibility index (Phi) is 8.32. The lowest BCUT2D eigenvalue weighted by atomic mass is 10.0. The van der Waals surface area contributed by atoms with Crippen LogP contribution in [0.3, 0.4) is 0 Å². The van der Waals surface area contributed by atoms with Crippen LogP contribution in [-0.4, -0.2) is 28.8 Å². The Labute approximate surface area is 184 Å². The van der Waals surface area contributed by atoms with E-state index < -0.39 is 6.04 Å². The second-order valence-electron chi connectivity index (χ2n) is 8.10. The first-order valence-corrected chi connectivity index (χ1v) is 11.3. The number of hydrogen-bond acceptors (Lipinski definition) is 2. The molecule has 2 amide bonds. The van der Waals surface area contributed by atoms with Gasteiger partial charge in [0.2, 0.25) is 11.8 Å². The van der Waals surface area contributed by atoms with E-state index >= 15 is 0 Å². The van der Waals surface area contributed by atoms with Gasteiger partial charge in [-0.1, -0.05) is 73.8 Å². The molecular weight excluding hydrogens is 396 g/mol. The molecule has 2 aromatic rings. The molecule has 0 heterocycles. The van der Waals surface area contributed by atoms with Crippen LogP contribution in [0.4, 0.5) is 0 Å². The van der Waals surface area contributed by atoms with Gasteiger partial charge in [0.05, 0.1) is 0 Å². The van der Waals surface area contributed by atoms with Gasteiger partial charge in [-0.15, -0.1) is 0 Å². The van der Waals surface area contributed by atoms with Gasteiger partial charge >= 0.3 is 0 Å². The first-order chi connectivity index (χ1) is 14.6. The number of halogens is 1. The number of nitrogens with zero attached hydrogens (tertiary/aromatic N) is 1. The molecule has 1 saturated carbocycles. The molecule has 0 radical (unpaired) electrons. The lowest BCUT2D eigenvalue weighted by Crippen LogP contribution is -2.52. The fourth-order valence-corrected chi connectivity index (χ4v) is 4.32. The number of carbonyl (C=O) groups excluding carboxylic acids is 2. The van der Waals surface area contributed by atoms with Gasteiger partial charge in [-0.25, -0.2) is 0 Å². The van der Waals surface area contributed by atoms with Crippen LogP contribution in [0.25, 0.3) is 0 Å². The molecule has 0 aromatic heterocycles. The van der Waals surface area contributed by atoms with Gasteiger partial charge in [-0.05, 0) is 42.5 Å². The lowest BCUT2D eigenvalue weighted by molar-refractivity contribution is -0.141. The van der Waals surface area contributed by atoms with Crippen molar-refractivity contribution in [2.45, 2.75) is 70.5 Å². The predicted molar refractivity (Wildman–Crippen MR) is 121 cm³/mol. The summed E-state index contributed by atoms with van der Waals surface area (Å²) in [6.07, 6.45) is 5.98. The summed E-state index contributed by atoms with van der Waals surface area (Å²) in [6, 6.07) is 17.1. The van der Waals surface area contributed by atoms with E-state index in [0.717, 1.165) is 43.2 Å². The van der Waals surface area contributed by atoms with E-state index in [4.69, 9.17) is 11.6 Å². The van der Waals surface area contributed by atoms with Gasteiger partial charge in [0, 0.05) is 30.5 Å². The van der Waals surface area contributed by atoms with Crippen LogP contribution < -0.4 is 5.32 Å². The van der Waals surface area contributed by atoms with Crippen LogP contribution in [0.2, 0.25) is 5.02 Å². The SMILES string of the molecule is CCCC(=O)N(Cc1cccc(Cl)c1)[C@@H](Cc1ccccc1)C(=O)NC1CCCC1. The van der Waals surface area contributed by atoms with Gasteiger partial charge < -0.3 is 10.2 Å². The number of amides is 2. The molecule has 0 saturated heterocycles. The van der Waals surface area contributed by atoms with Gasteiger partial charge in [-0.2, -0.15) is 0 Å². The van der Waals surface area contributed by atoms with Crippen molar-refractivity contribution in [3.05, 3.63) is 70.7 Å². The lowest BCUT2D eigenvalue weighted by Gasteiger charge is -2.32. The quantitative estimate of drug-likeness (QED) is 0.603. The van der Waals surface area contributed by atoms with Crippen LogP contribution in [0.5, 0.6) is 0 Å². The number of carbonyl (C=O) groups is 2. The second kappa shape index (κ2) is 11.2. The number of hydrogen-bond donors (Lipinski definition) is 1. The predicted octanol–water partition coefficient (Wildman–Crippen LogP) is 5.14. The van der Waals surface area contributed by atoms with E-state index in [1.54, 1.807) is 4.90 Å². The molecule has 1 fully saturated rings. The topological polar surface area (TPSA) is 49.4 Å². The molecule has 0 unspecified atom stereocenters. The third kappa shape index (κ3) is 6.33. The molecular formula is C25H31ClN2O2. The molecule has 2 aromatic carbocycles. The highest BCUT2D eigenvalue weighted by Gasteiger charge is 2.31. The first-order valence-electron chi connectivity index (χ1n) is 10.9. The largest absolute Gasteiger partial charge is 0.352 e. The van der Waals surface area contributed by atoms with Crippen molar-refractivity contribution in [3.63, 3.8) is 0 Å². The van der Waals surface area contributed by atoms with Crippen molar-refractivity contribution in [1.82, 2.24) is 10.2 Å². The third-order valence-corrected chi connectivity index (χ3v) is 5.91. The Balaban J connectivity index is 1.88. The highest BCUT2D eigenvalue weighted by molar-refractivity contribution is 6.30. The van der Waals surface area contributed by atoms with Gasteiger partial charge in [-0.3, -0.25) is 9.59 Å². The maximum atomic E-state index is 13.4. The van der Waals surface area contributed by atoms with Crippen LogP contribution in [-0.2, 0) is 22.6 Å². The molecule has 30 heavy (non-hydrogen) atoms. The normalized spacial score (nSPS) is 15.0. The van der Waals surface area contributed by atoms with E-state index in [1.165, 1.54) is 0 Å². The van der Waals surface area contributed by atoms with Crippen molar-refractivity contribution in [2.75, 3.05) is 0 Å². The number of nitrogens with one attached hydrogen (secondary N) is 1. The zero-order chi connectivity index (χ0) is 21.3. The van der Waals surface area contributed by atoms with Gasteiger partial charge in [0.15, 0.2) is 0 Å². The minimum atomic E-state index is -0.550. The zero-order valence-corrected chi connectivity index (χ0v) is 18.4. The average molecular weight is 427 g/mol. The highest BCUT2D eigenvalue weighted by Crippen LogP contribution is 2.21. The molecule has 5 heteroatoms. The molecule has 1 atom stereocenters. The van der Waals surface area contributed by atoms with Crippen molar-refractivity contribution in [2.24, 2.45) is 0 Å². The van der Waals surface area contributed by atoms with E-state index in [0.29, 0.717) is 24.4 Å². The Hall–Kier alpha value is -2.33. The smallest absolute Gasteiger partial charge is 0.243 e. The summed E-state index contributed by atoms with van der Waals surface area (Å²) in [4.78, 5) is 28.2. The Morgan fingerprint density at radius 2 is 1.77 bits per heavy atom. The van der Waals surface area contributed by atoms with Crippen LogP contribution in [0, 0.1) is 0 Å². The minimum absolute atomic E-state index is 0.0000198. The van der Waals surface area contributed by atoms with Crippen molar-refractivity contribution in [3.8, 4) is 0 Å². The maximum absolute atomic E-state index is 13.4. The van der Waals surface area contributed by atoms with Crippen molar-refractivity contribution >= 4 is 23.4 Å². The standard InChI is InChI=1S/C25H31ClN2O2/c1-2-9-24(29)28(18-20-12-8-13-21(26)16-20)23(17-19-10-4-3-5-11-19)25(30)27-22-14-6-7-15-22/h3-5,8,10-13,16,22-23H,2,6-7,9,14-15,17-18H2,1H3,(H,27,30)/t23-/m0/s1. The molecule has 0 aliphatic heterocycles. The molecule has 1 aliphatic carbocycles. The minimum Gasteiger partial charge on any atom is -0.352 e. The van der Waals surface area contributed by atoms with Gasteiger partial charge in [0.25, 0.3) is 0 Å². The highest BCUT2D eigenvalue weighted by atomic mass is 35.5. The fraction of sp³-hybridized carbons (Fsp3) is 0.440. The second-order valence-corrected chi connectivity index (χ2v) is 8.53. The summed E-state index contributed by atoms with van der Waals surface area (Å²) in [5.74, 6) is -0.0581. The molecule has 1 N–H and O–H groups in total. The monoisotopic (exact) mass is 426 g/mol. The molecule has 0 bridgehead atoms. The maximum Gasteiger partial charge on any atom is 0.243 e. The molecule has 1 aliphatic rings. The Bertz CT molecular complexity index is 834. The molecule has 160 valence electrons. The summed E-state index contributed by atoms with van der Waals surface area (Å²) >= 11 is 6.17. The van der Waals surface area contributed by atoms with E-state index in [1.807, 2.05) is 61.5 Å². The van der Waals surface area contributed by atoms with Crippen LogP contribution in [0.15, 0.2) is 54.6 Å². The summed E-state index contributed by atoms with van der Waals surface area (Å²) in [5.41, 5.74) is 1.98. The summed E-state index contributed by atoms with van der Waals surface area (Å²) in [6.45, 7) is 2.36. The zero-order valence-electron chi connectivity index (χ0n) is 17.6. The summed E-state index contributed by atoms with van der Waals surface area (Å²) in [7, 11) is 0. The van der Waals surface area contributed by atoms with E-state index in [-0.39, 0.29) is 17.9 Å². The fourth-order valence-electron chi connectivity index (χ4n) is 4.11. The number of rotatable bonds is 9. The summed E-state index contributed by atoms with van der Waals surface area (Å²) < 4.78 is 0. The molecule has 0 spiro atoms. The first kappa shape index (κ1) is 22.4. The van der Waals surface area contributed by atoms with Crippen LogP contribution in [0.1, 0.15) is 56.6 Å². The molecule has 4 nitrogen and oxygen atoms in total. The third-order valence-electron chi connectivity index (χ3n) is 5.68. The number of benzene rings is 2. The van der Waals surface area contributed by atoms with Crippen molar-refractivity contribution < 1.29 is 9.59 Å². The summed E-state index contributed by atoms with van der Waals surface area (Å²) in [5, 5.41) is 3.84. The van der Waals surface area contributed by atoms with Crippen LogP contribution >= 0.6 is 11.6 Å².